The van der Waals surface area contributed by atoms with Crippen LogP contribution in [0.4, 0.5) is 5.95 Å². The number of aromatic nitrogens is 4. The molecule has 2 aromatic heterocycles. The first-order chi connectivity index (χ1) is 16.0. The molecule has 0 unspecified atom stereocenters. The first kappa shape index (κ1) is 23.0. The van der Waals surface area contributed by atoms with E-state index in [1.54, 1.807) is 17.7 Å². The molecule has 1 aliphatic heterocycles. The van der Waals surface area contributed by atoms with Crippen molar-refractivity contribution in [2.45, 2.75) is 19.2 Å². The van der Waals surface area contributed by atoms with Crippen LogP contribution < -0.4 is 16.1 Å². The molecule has 1 fully saturated rings. The van der Waals surface area contributed by atoms with Gasteiger partial charge in [0.1, 0.15) is 0 Å². The SMILES string of the molecule is C=CCOC[C@@H](O)Cn1c(N2CCN(Cc3ccccc3)CC2)nc2c1c(=O)[nH]c(=O)n2C. The van der Waals surface area contributed by atoms with Gasteiger partial charge in [0.05, 0.1) is 25.9 Å². The van der Waals surface area contributed by atoms with Gasteiger partial charge in [-0.2, -0.15) is 4.98 Å². The van der Waals surface area contributed by atoms with Crippen molar-refractivity contribution >= 4 is 17.1 Å². The van der Waals surface area contributed by atoms with Gasteiger partial charge >= 0.3 is 5.69 Å². The molecular weight excluding hydrogens is 424 g/mol. The molecule has 1 aliphatic rings. The number of hydrogen-bond acceptors (Lipinski definition) is 7. The zero-order chi connectivity index (χ0) is 23.4. The Morgan fingerprint density at radius 2 is 1.94 bits per heavy atom. The predicted molar refractivity (Wildman–Crippen MR) is 127 cm³/mol. The lowest BCUT2D eigenvalue weighted by molar-refractivity contribution is 0.0404. The number of imidazole rings is 1. The van der Waals surface area contributed by atoms with Crippen molar-refractivity contribution in [3.63, 3.8) is 0 Å². The molecule has 0 bridgehead atoms. The molecule has 10 heteroatoms. The van der Waals surface area contributed by atoms with E-state index in [-0.39, 0.29) is 18.7 Å². The van der Waals surface area contributed by atoms with Gasteiger partial charge in [-0.05, 0) is 5.56 Å². The van der Waals surface area contributed by atoms with Crippen molar-refractivity contribution in [1.29, 1.82) is 0 Å². The third kappa shape index (κ3) is 5.08. The number of H-pyrrole nitrogens is 1. The van der Waals surface area contributed by atoms with Crippen LogP contribution in [0.3, 0.4) is 0 Å². The average molecular weight is 455 g/mol. The van der Waals surface area contributed by atoms with E-state index < -0.39 is 17.4 Å². The summed E-state index contributed by atoms with van der Waals surface area (Å²) in [6.07, 6.45) is 0.761. The number of aromatic amines is 1. The number of nitrogens with one attached hydrogen (secondary N) is 1. The van der Waals surface area contributed by atoms with Gasteiger partial charge < -0.3 is 19.3 Å². The molecule has 0 radical (unpaired) electrons. The number of hydrogen-bond donors (Lipinski definition) is 2. The monoisotopic (exact) mass is 454 g/mol. The second kappa shape index (κ2) is 10.2. The highest BCUT2D eigenvalue weighted by molar-refractivity contribution is 5.74. The molecule has 0 aliphatic carbocycles. The Hall–Kier alpha value is -3.21. The fourth-order valence-corrected chi connectivity index (χ4v) is 4.14. The molecule has 1 saturated heterocycles. The molecule has 0 saturated carbocycles. The van der Waals surface area contributed by atoms with Crippen LogP contribution in [0, 0.1) is 0 Å². The highest BCUT2D eigenvalue weighted by atomic mass is 16.5. The maximum absolute atomic E-state index is 12.7. The molecule has 10 nitrogen and oxygen atoms in total. The van der Waals surface area contributed by atoms with E-state index in [2.05, 4.69) is 38.5 Å². The van der Waals surface area contributed by atoms with Crippen LogP contribution in [0.15, 0.2) is 52.6 Å². The number of ether oxygens (including phenoxy) is 1. The van der Waals surface area contributed by atoms with Gasteiger partial charge in [-0.25, -0.2) is 4.79 Å². The van der Waals surface area contributed by atoms with E-state index in [1.165, 1.54) is 10.1 Å². The van der Waals surface area contributed by atoms with E-state index in [9.17, 15) is 14.7 Å². The first-order valence-corrected chi connectivity index (χ1v) is 11.1. The van der Waals surface area contributed by atoms with Gasteiger partial charge in [-0.15, -0.1) is 6.58 Å². The molecule has 0 amide bonds. The van der Waals surface area contributed by atoms with Gasteiger partial charge in [0, 0.05) is 39.8 Å². The summed E-state index contributed by atoms with van der Waals surface area (Å²) in [6.45, 7) is 8.11. The minimum Gasteiger partial charge on any atom is -0.389 e. The molecule has 2 N–H and O–H groups in total. The predicted octanol–water partition coefficient (Wildman–Crippen LogP) is 0.309. The third-order valence-electron chi connectivity index (χ3n) is 5.83. The number of aliphatic hydroxyl groups is 1. The summed E-state index contributed by atoms with van der Waals surface area (Å²) in [4.78, 5) is 36.3. The lowest BCUT2D eigenvalue weighted by Gasteiger charge is -2.35. The summed E-state index contributed by atoms with van der Waals surface area (Å²) >= 11 is 0. The van der Waals surface area contributed by atoms with Crippen LogP contribution in [0.2, 0.25) is 0 Å². The Kier molecular flexibility index (Phi) is 7.07. The lowest BCUT2D eigenvalue weighted by Crippen LogP contribution is -2.47. The molecule has 0 spiro atoms. The number of anilines is 1. The standard InChI is InChI=1S/C23H30N6O4/c1-3-13-33-16-18(30)15-29-19-20(26(2)23(32)25-21(19)31)24-22(29)28-11-9-27(10-12-28)14-17-7-5-4-6-8-17/h3-8,18,30H,1,9-16H2,2H3,(H,25,31,32)/t18-/m0/s1. The van der Waals surface area contributed by atoms with Gasteiger partial charge in [-0.1, -0.05) is 36.4 Å². The van der Waals surface area contributed by atoms with Crippen LogP contribution in [-0.2, 0) is 24.9 Å². The van der Waals surface area contributed by atoms with E-state index in [0.717, 1.165) is 19.6 Å². The number of nitrogens with zero attached hydrogens (tertiary/aromatic N) is 5. The quantitative estimate of drug-likeness (QED) is 0.354. The first-order valence-electron chi connectivity index (χ1n) is 11.1. The van der Waals surface area contributed by atoms with Crippen molar-refractivity contribution in [3.05, 3.63) is 69.4 Å². The van der Waals surface area contributed by atoms with Crippen molar-refractivity contribution in [2.75, 3.05) is 44.3 Å². The summed E-state index contributed by atoms with van der Waals surface area (Å²) in [7, 11) is 1.57. The summed E-state index contributed by atoms with van der Waals surface area (Å²) in [5, 5.41) is 10.5. The second-order valence-corrected chi connectivity index (χ2v) is 8.24. The van der Waals surface area contributed by atoms with Gasteiger partial charge in [0.25, 0.3) is 5.56 Å². The minimum atomic E-state index is -0.850. The normalized spacial score (nSPS) is 15.8. The third-order valence-corrected chi connectivity index (χ3v) is 5.83. The largest absolute Gasteiger partial charge is 0.389 e. The van der Waals surface area contributed by atoms with Crippen LogP contribution in [0.25, 0.3) is 11.2 Å². The second-order valence-electron chi connectivity index (χ2n) is 8.24. The van der Waals surface area contributed by atoms with Gasteiger partial charge in [0.15, 0.2) is 11.2 Å². The van der Waals surface area contributed by atoms with Crippen molar-refractivity contribution in [1.82, 2.24) is 24.0 Å². The minimum absolute atomic E-state index is 0.0969. The Labute approximate surface area is 191 Å². The Morgan fingerprint density at radius 1 is 1.21 bits per heavy atom. The molecule has 1 aromatic carbocycles. The maximum Gasteiger partial charge on any atom is 0.329 e. The van der Waals surface area contributed by atoms with Crippen molar-refractivity contribution in [2.24, 2.45) is 7.05 Å². The molecule has 33 heavy (non-hydrogen) atoms. The highest BCUT2D eigenvalue weighted by Gasteiger charge is 2.26. The number of aryl methyl sites for hydroxylation is 1. The van der Waals surface area contributed by atoms with E-state index in [4.69, 9.17) is 4.74 Å². The summed E-state index contributed by atoms with van der Waals surface area (Å²) in [5.74, 6) is 0.568. The number of rotatable bonds is 9. The van der Waals surface area contributed by atoms with Crippen LogP contribution in [0.5, 0.6) is 0 Å². The number of benzene rings is 1. The van der Waals surface area contributed by atoms with Gasteiger partial charge in [0.2, 0.25) is 5.95 Å². The highest BCUT2D eigenvalue weighted by Crippen LogP contribution is 2.22. The smallest absolute Gasteiger partial charge is 0.329 e. The van der Waals surface area contributed by atoms with E-state index >= 15 is 0 Å². The van der Waals surface area contributed by atoms with E-state index in [1.807, 2.05) is 18.2 Å². The number of aliphatic hydroxyl groups excluding tert-OH is 1. The zero-order valence-corrected chi connectivity index (χ0v) is 18.8. The van der Waals surface area contributed by atoms with Crippen LogP contribution >= 0.6 is 0 Å². The van der Waals surface area contributed by atoms with Gasteiger partial charge in [-0.3, -0.25) is 19.2 Å². The fraction of sp³-hybridized carbons (Fsp3) is 0.435. The summed E-state index contributed by atoms with van der Waals surface area (Å²) in [5.41, 5.74) is 0.786. The fourth-order valence-electron chi connectivity index (χ4n) is 4.14. The molecule has 4 rings (SSSR count). The zero-order valence-electron chi connectivity index (χ0n) is 18.8. The van der Waals surface area contributed by atoms with Crippen LogP contribution in [0.1, 0.15) is 5.56 Å². The van der Waals surface area contributed by atoms with Crippen molar-refractivity contribution in [3.8, 4) is 0 Å². The maximum atomic E-state index is 12.7. The Morgan fingerprint density at radius 3 is 2.64 bits per heavy atom. The van der Waals surface area contributed by atoms with E-state index in [0.29, 0.717) is 31.3 Å². The summed E-state index contributed by atoms with van der Waals surface area (Å²) < 4.78 is 8.39. The Balaban J connectivity index is 1.59. The summed E-state index contributed by atoms with van der Waals surface area (Å²) in [6, 6.07) is 10.3. The number of piperazine rings is 1. The molecular formula is C23H30N6O4. The van der Waals surface area contributed by atoms with Crippen LogP contribution in [-0.4, -0.2) is 74.6 Å². The average Bonchev–Trinajstić information content (AvgIpc) is 3.18. The Bertz CT molecular complexity index is 1210. The molecule has 3 aromatic rings. The van der Waals surface area contributed by atoms with Crippen molar-refractivity contribution < 1.29 is 9.84 Å². The molecule has 176 valence electrons. The molecule has 1 atom stereocenters. The topological polar surface area (TPSA) is 109 Å². The number of fused-ring (bicyclic) bond motifs is 1. The molecule has 3 heterocycles. The lowest BCUT2D eigenvalue weighted by atomic mass is 10.2.